The predicted octanol–water partition coefficient (Wildman–Crippen LogP) is 3.69. The molecule has 0 N–H and O–H groups in total. The number of aromatic nitrogens is 1. The Morgan fingerprint density at radius 2 is 1.75 bits per heavy atom. The molecule has 0 bridgehead atoms. The van der Waals surface area contributed by atoms with Crippen LogP contribution in [0.4, 0.5) is 11.5 Å². The Morgan fingerprint density at radius 1 is 0.964 bits per heavy atom. The minimum Gasteiger partial charge on any atom is -0.497 e. The van der Waals surface area contributed by atoms with E-state index in [9.17, 15) is 4.79 Å². The van der Waals surface area contributed by atoms with Gasteiger partial charge in [-0.3, -0.25) is 4.79 Å². The fourth-order valence-corrected chi connectivity index (χ4v) is 3.52. The lowest BCUT2D eigenvalue weighted by molar-refractivity contribution is -0.118. The van der Waals surface area contributed by atoms with Crippen molar-refractivity contribution in [1.29, 1.82) is 0 Å². The summed E-state index contributed by atoms with van der Waals surface area (Å²) >= 11 is 0. The van der Waals surface area contributed by atoms with Crippen molar-refractivity contribution in [2.75, 3.05) is 30.0 Å². The molecule has 0 spiro atoms. The van der Waals surface area contributed by atoms with Gasteiger partial charge in [-0.05, 0) is 35.4 Å². The summed E-state index contributed by atoms with van der Waals surface area (Å²) in [5, 5.41) is 0. The summed E-state index contributed by atoms with van der Waals surface area (Å²) in [5.74, 6) is 1.74. The van der Waals surface area contributed by atoms with Crippen LogP contribution in [-0.2, 0) is 17.8 Å². The molecule has 0 atom stereocenters. The Hall–Kier alpha value is -3.34. The predicted molar refractivity (Wildman–Crippen MR) is 111 cm³/mol. The van der Waals surface area contributed by atoms with E-state index in [0.717, 1.165) is 35.9 Å². The molecular weight excluding hydrogens is 350 g/mol. The summed E-state index contributed by atoms with van der Waals surface area (Å²) in [6.45, 7) is 2.19. The van der Waals surface area contributed by atoms with Gasteiger partial charge in [0.25, 0.3) is 0 Å². The Labute approximate surface area is 165 Å². The van der Waals surface area contributed by atoms with Gasteiger partial charge in [0.2, 0.25) is 5.91 Å². The van der Waals surface area contributed by atoms with Crippen LogP contribution in [0.1, 0.15) is 11.1 Å². The minimum atomic E-state index is 0.0822. The maximum absolute atomic E-state index is 13.0. The number of pyridine rings is 1. The maximum Gasteiger partial charge on any atom is 0.231 e. The second-order valence-corrected chi connectivity index (χ2v) is 6.82. The molecule has 4 rings (SSSR count). The number of rotatable bonds is 5. The second-order valence-electron chi connectivity index (χ2n) is 6.82. The molecular formula is C23H23N3O2. The van der Waals surface area contributed by atoms with Gasteiger partial charge in [-0.15, -0.1) is 0 Å². The molecule has 1 aliphatic rings. The van der Waals surface area contributed by atoms with Crippen LogP contribution >= 0.6 is 0 Å². The first-order chi connectivity index (χ1) is 13.7. The van der Waals surface area contributed by atoms with Gasteiger partial charge >= 0.3 is 0 Å². The van der Waals surface area contributed by atoms with E-state index in [-0.39, 0.29) is 5.91 Å². The third-order valence-electron chi connectivity index (χ3n) is 4.98. The summed E-state index contributed by atoms with van der Waals surface area (Å²) in [5.41, 5.74) is 3.09. The molecule has 1 aliphatic heterocycles. The molecule has 1 amide bonds. The first-order valence-corrected chi connectivity index (χ1v) is 9.42. The summed E-state index contributed by atoms with van der Waals surface area (Å²) in [6.07, 6.45) is 2.14. The third-order valence-corrected chi connectivity index (χ3v) is 4.98. The summed E-state index contributed by atoms with van der Waals surface area (Å²) < 4.78 is 5.19. The smallest absolute Gasteiger partial charge is 0.231 e. The van der Waals surface area contributed by atoms with Gasteiger partial charge in [-0.1, -0.05) is 42.5 Å². The zero-order valence-corrected chi connectivity index (χ0v) is 15.9. The van der Waals surface area contributed by atoms with Crippen molar-refractivity contribution in [3.8, 4) is 5.75 Å². The van der Waals surface area contributed by atoms with E-state index in [2.05, 4.69) is 22.0 Å². The molecule has 0 fully saturated rings. The molecule has 1 aromatic heterocycles. The summed E-state index contributed by atoms with van der Waals surface area (Å²) in [6, 6.07) is 21.8. The maximum atomic E-state index is 13.0. The number of anilines is 2. The number of hydrogen-bond donors (Lipinski definition) is 0. The number of hydrogen-bond acceptors (Lipinski definition) is 4. The molecule has 0 saturated heterocycles. The zero-order chi connectivity index (χ0) is 19.3. The molecule has 0 saturated carbocycles. The van der Waals surface area contributed by atoms with Gasteiger partial charge in [-0.2, -0.15) is 0 Å². The van der Waals surface area contributed by atoms with Gasteiger partial charge in [0.05, 0.1) is 19.2 Å². The largest absolute Gasteiger partial charge is 0.497 e. The molecule has 28 heavy (non-hydrogen) atoms. The van der Waals surface area contributed by atoms with Gasteiger partial charge < -0.3 is 14.5 Å². The highest BCUT2D eigenvalue weighted by Crippen LogP contribution is 2.32. The van der Waals surface area contributed by atoms with Crippen LogP contribution in [-0.4, -0.2) is 31.1 Å². The monoisotopic (exact) mass is 373 g/mol. The van der Waals surface area contributed by atoms with Crippen molar-refractivity contribution in [1.82, 2.24) is 4.98 Å². The third kappa shape index (κ3) is 3.83. The molecule has 0 unspecified atom stereocenters. The number of nitrogens with zero attached hydrogens (tertiary/aromatic N) is 3. The number of carbonyl (C=O) groups excluding carboxylic acids is 1. The van der Waals surface area contributed by atoms with Crippen molar-refractivity contribution in [2.24, 2.45) is 0 Å². The number of fused-ring (bicyclic) bond motifs is 1. The lowest BCUT2D eigenvalue weighted by atomic mass is 10.1. The van der Waals surface area contributed by atoms with E-state index in [1.54, 1.807) is 13.3 Å². The first kappa shape index (κ1) is 18.0. The molecule has 5 nitrogen and oxygen atoms in total. The van der Waals surface area contributed by atoms with Gasteiger partial charge in [0, 0.05) is 25.8 Å². The quantitative estimate of drug-likeness (QED) is 0.684. The average molecular weight is 373 g/mol. The fraction of sp³-hybridized carbons (Fsp3) is 0.217. The topological polar surface area (TPSA) is 45.7 Å². The Kier molecular flexibility index (Phi) is 5.24. The Balaban J connectivity index is 1.53. The molecule has 0 aliphatic carbocycles. The van der Waals surface area contributed by atoms with Crippen molar-refractivity contribution >= 4 is 17.4 Å². The number of benzene rings is 2. The van der Waals surface area contributed by atoms with Crippen molar-refractivity contribution < 1.29 is 9.53 Å². The van der Waals surface area contributed by atoms with Gasteiger partial charge in [0.15, 0.2) is 5.82 Å². The van der Waals surface area contributed by atoms with Crippen LogP contribution in [0, 0.1) is 0 Å². The van der Waals surface area contributed by atoms with Crippen LogP contribution in [0.2, 0.25) is 0 Å². The van der Waals surface area contributed by atoms with Crippen LogP contribution in [0.25, 0.3) is 0 Å². The highest BCUT2D eigenvalue weighted by molar-refractivity contribution is 5.98. The van der Waals surface area contributed by atoms with Gasteiger partial charge in [0.1, 0.15) is 5.75 Å². The molecule has 2 heterocycles. The SMILES string of the molecule is COc1ccc(CC(=O)N2CCN(Cc3ccccc3)c3ncccc32)cc1. The highest BCUT2D eigenvalue weighted by Gasteiger charge is 2.27. The molecule has 0 radical (unpaired) electrons. The minimum absolute atomic E-state index is 0.0822. The first-order valence-electron chi connectivity index (χ1n) is 9.42. The normalized spacial score (nSPS) is 13.2. The lowest BCUT2D eigenvalue weighted by Gasteiger charge is -2.36. The van der Waals surface area contributed by atoms with E-state index in [1.165, 1.54) is 5.56 Å². The van der Waals surface area contributed by atoms with Crippen LogP contribution < -0.4 is 14.5 Å². The number of methoxy groups -OCH3 is 1. The molecule has 2 aromatic carbocycles. The molecule has 3 aromatic rings. The second kappa shape index (κ2) is 8.13. The van der Waals surface area contributed by atoms with Crippen LogP contribution in [0.15, 0.2) is 72.9 Å². The Bertz CT molecular complexity index is 942. The van der Waals surface area contributed by atoms with E-state index in [0.29, 0.717) is 13.0 Å². The number of ether oxygens (including phenoxy) is 1. The molecule has 5 heteroatoms. The number of carbonyl (C=O) groups is 1. The van der Waals surface area contributed by atoms with Crippen molar-refractivity contribution in [2.45, 2.75) is 13.0 Å². The zero-order valence-electron chi connectivity index (χ0n) is 15.9. The van der Waals surface area contributed by atoms with Crippen molar-refractivity contribution in [3.63, 3.8) is 0 Å². The highest BCUT2D eigenvalue weighted by atomic mass is 16.5. The average Bonchev–Trinajstić information content (AvgIpc) is 2.75. The van der Waals surface area contributed by atoms with E-state index in [4.69, 9.17) is 4.74 Å². The summed E-state index contributed by atoms with van der Waals surface area (Å²) in [4.78, 5) is 21.7. The fourth-order valence-electron chi connectivity index (χ4n) is 3.52. The number of amides is 1. The molecule has 142 valence electrons. The van der Waals surface area contributed by atoms with E-state index < -0.39 is 0 Å². The van der Waals surface area contributed by atoms with Crippen molar-refractivity contribution in [3.05, 3.63) is 84.1 Å². The van der Waals surface area contributed by atoms with E-state index in [1.807, 2.05) is 59.5 Å². The van der Waals surface area contributed by atoms with E-state index >= 15 is 0 Å². The standard InChI is InChI=1S/C23H23N3O2/c1-28-20-11-9-18(10-12-20)16-22(27)26-15-14-25(17-19-6-3-2-4-7-19)23-21(26)8-5-13-24-23/h2-13H,14-17H2,1H3. The Morgan fingerprint density at radius 3 is 2.50 bits per heavy atom. The summed E-state index contributed by atoms with van der Waals surface area (Å²) in [7, 11) is 1.64. The van der Waals surface area contributed by atoms with Gasteiger partial charge in [-0.25, -0.2) is 4.98 Å². The van der Waals surface area contributed by atoms with Crippen LogP contribution in [0.5, 0.6) is 5.75 Å². The lowest BCUT2D eigenvalue weighted by Crippen LogP contribution is -2.44. The van der Waals surface area contributed by atoms with Crippen LogP contribution in [0.3, 0.4) is 0 Å².